The van der Waals surface area contributed by atoms with E-state index in [1.807, 2.05) is 36.4 Å². The van der Waals surface area contributed by atoms with Gasteiger partial charge in [-0.3, -0.25) is 4.98 Å². The van der Waals surface area contributed by atoms with E-state index in [9.17, 15) is 8.42 Å². The summed E-state index contributed by atoms with van der Waals surface area (Å²) in [4.78, 5) is 4.00. The van der Waals surface area contributed by atoms with E-state index in [-0.39, 0.29) is 6.54 Å². The lowest BCUT2D eigenvalue weighted by molar-refractivity contribution is 0.590. The molecule has 7 nitrogen and oxygen atoms in total. The first kappa shape index (κ1) is 16.0. The third-order valence-corrected chi connectivity index (χ3v) is 4.19. The van der Waals surface area contributed by atoms with Gasteiger partial charge in [-0.25, -0.2) is 17.8 Å². The molecule has 0 spiro atoms. The fourth-order valence-electron chi connectivity index (χ4n) is 1.95. The molecule has 8 heteroatoms. The van der Waals surface area contributed by atoms with Crippen LogP contribution in [-0.2, 0) is 16.6 Å². The van der Waals surface area contributed by atoms with Gasteiger partial charge in [-0.1, -0.05) is 35.5 Å². The smallest absolute Gasteiger partial charge is 0.234 e. The van der Waals surface area contributed by atoms with Crippen molar-refractivity contribution >= 4 is 16.1 Å². The zero-order chi connectivity index (χ0) is 16.8. The molecule has 0 atom stereocenters. The summed E-state index contributed by atoms with van der Waals surface area (Å²) in [5.41, 5.74) is 2.07. The normalized spacial score (nSPS) is 11.8. The van der Waals surface area contributed by atoms with Gasteiger partial charge in [0.15, 0.2) is 0 Å². The standard InChI is InChI=1S/C16H15N5O2S/c22-24(23,10-8-14-5-2-1-3-6-14)18-11-15-13-21(20-19-15)16-7-4-9-17-12-16/h1-10,12-13,18H,11H2/b10-8+. The van der Waals surface area contributed by atoms with Crippen molar-refractivity contribution in [1.82, 2.24) is 24.7 Å². The molecule has 24 heavy (non-hydrogen) atoms. The molecule has 3 rings (SSSR count). The van der Waals surface area contributed by atoms with Crippen LogP contribution in [0.3, 0.4) is 0 Å². The van der Waals surface area contributed by atoms with Gasteiger partial charge >= 0.3 is 0 Å². The van der Waals surface area contributed by atoms with E-state index in [0.29, 0.717) is 5.69 Å². The lowest BCUT2D eigenvalue weighted by Gasteiger charge is -2.00. The first-order chi connectivity index (χ1) is 11.6. The van der Waals surface area contributed by atoms with E-state index < -0.39 is 10.0 Å². The van der Waals surface area contributed by atoms with Crippen molar-refractivity contribution in [1.29, 1.82) is 0 Å². The highest BCUT2D eigenvalue weighted by molar-refractivity contribution is 7.92. The van der Waals surface area contributed by atoms with Gasteiger partial charge in [-0.15, -0.1) is 5.10 Å². The molecule has 0 radical (unpaired) electrons. The molecule has 1 aromatic carbocycles. The van der Waals surface area contributed by atoms with Crippen LogP contribution >= 0.6 is 0 Å². The van der Waals surface area contributed by atoms with Gasteiger partial charge in [0, 0.05) is 11.6 Å². The minimum absolute atomic E-state index is 0.0573. The van der Waals surface area contributed by atoms with Gasteiger partial charge in [0.1, 0.15) is 0 Å². The van der Waals surface area contributed by atoms with E-state index in [2.05, 4.69) is 20.0 Å². The predicted molar refractivity (Wildman–Crippen MR) is 90.4 cm³/mol. The number of rotatable bonds is 6. The van der Waals surface area contributed by atoms with Crippen molar-refractivity contribution in [3.05, 3.63) is 77.7 Å². The minimum atomic E-state index is -3.55. The summed E-state index contributed by atoms with van der Waals surface area (Å²) in [5.74, 6) is 0. The molecule has 0 aliphatic rings. The molecule has 2 aromatic heterocycles. The summed E-state index contributed by atoms with van der Waals surface area (Å²) in [5, 5.41) is 9.04. The second kappa shape index (κ2) is 7.16. The highest BCUT2D eigenvalue weighted by Gasteiger charge is 2.08. The second-order valence-corrected chi connectivity index (χ2v) is 6.60. The van der Waals surface area contributed by atoms with Crippen LogP contribution in [0, 0.1) is 0 Å². The van der Waals surface area contributed by atoms with E-state index in [1.165, 1.54) is 10.8 Å². The summed E-state index contributed by atoms with van der Waals surface area (Å²) >= 11 is 0. The summed E-state index contributed by atoms with van der Waals surface area (Å²) < 4.78 is 28.0. The number of pyridine rings is 1. The van der Waals surface area contributed by atoms with Crippen molar-refractivity contribution in [3.63, 3.8) is 0 Å². The van der Waals surface area contributed by atoms with Crippen molar-refractivity contribution in [2.45, 2.75) is 6.54 Å². The average Bonchev–Trinajstić information content (AvgIpc) is 3.09. The van der Waals surface area contributed by atoms with Gasteiger partial charge in [-0.05, 0) is 23.8 Å². The van der Waals surface area contributed by atoms with E-state index >= 15 is 0 Å². The van der Waals surface area contributed by atoms with Crippen LogP contribution in [0.15, 0.2) is 66.5 Å². The van der Waals surface area contributed by atoms with Crippen LogP contribution in [0.5, 0.6) is 0 Å². The zero-order valence-corrected chi connectivity index (χ0v) is 13.5. The van der Waals surface area contributed by atoms with Crippen molar-refractivity contribution < 1.29 is 8.42 Å². The molecule has 0 saturated heterocycles. The van der Waals surface area contributed by atoms with Gasteiger partial charge in [-0.2, -0.15) is 0 Å². The first-order valence-electron chi connectivity index (χ1n) is 7.17. The summed E-state index contributed by atoms with van der Waals surface area (Å²) in [7, 11) is -3.55. The largest absolute Gasteiger partial charge is 0.262 e. The Balaban J connectivity index is 1.63. The molecule has 0 unspecified atom stereocenters. The van der Waals surface area contributed by atoms with Crippen LogP contribution < -0.4 is 4.72 Å². The van der Waals surface area contributed by atoms with Gasteiger partial charge in [0.2, 0.25) is 10.0 Å². The number of aromatic nitrogens is 4. The molecule has 0 saturated carbocycles. The summed E-state index contributed by atoms with van der Waals surface area (Å²) in [6, 6.07) is 12.8. The van der Waals surface area contributed by atoms with Crippen LogP contribution in [0.25, 0.3) is 11.8 Å². The van der Waals surface area contributed by atoms with Gasteiger partial charge in [0.25, 0.3) is 0 Å². The Hall–Kier alpha value is -2.84. The Morgan fingerprint density at radius 1 is 1.12 bits per heavy atom. The first-order valence-corrected chi connectivity index (χ1v) is 8.71. The molecule has 1 N–H and O–H groups in total. The van der Waals surface area contributed by atoms with Crippen LogP contribution in [0.1, 0.15) is 11.3 Å². The molecule has 3 aromatic rings. The van der Waals surface area contributed by atoms with E-state index in [4.69, 9.17) is 0 Å². The molecule has 0 amide bonds. The summed E-state index contributed by atoms with van der Waals surface area (Å²) in [6.07, 6.45) is 6.50. The highest BCUT2D eigenvalue weighted by Crippen LogP contribution is 2.05. The van der Waals surface area contributed by atoms with Crippen LogP contribution in [0.2, 0.25) is 0 Å². The molecule has 122 valence electrons. The monoisotopic (exact) mass is 341 g/mol. The zero-order valence-electron chi connectivity index (χ0n) is 12.6. The highest BCUT2D eigenvalue weighted by atomic mass is 32.2. The van der Waals surface area contributed by atoms with E-state index in [0.717, 1.165) is 16.7 Å². The number of nitrogens with one attached hydrogen (secondary N) is 1. The number of hydrogen-bond acceptors (Lipinski definition) is 5. The van der Waals surface area contributed by atoms with Crippen LogP contribution in [-0.4, -0.2) is 28.4 Å². The Labute approximate surface area is 139 Å². The lowest BCUT2D eigenvalue weighted by atomic mass is 10.2. The number of hydrogen-bond donors (Lipinski definition) is 1. The summed E-state index contributed by atoms with van der Waals surface area (Å²) in [6.45, 7) is 0.0573. The predicted octanol–water partition coefficient (Wildman–Crippen LogP) is 1.75. The fraction of sp³-hybridized carbons (Fsp3) is 0.0625. The molecule has 0 aliphatic heterocycles. The van der Waals surface area contributed by atoms with Crippen molar-refractivity contribution in [2.24, 2.45) is 0 Å². The Kier molecular flexibility index (Phi) is 4.78. The number of sulfonamides is 1. The van der Waals surface area contributed by atoms with Crippen LogP contribution in [0.4, 0.5) is 0 Å². The number of nitrogens with zero attached hydrogens (tertiary/aromatic N) is 4. The molecule has 0 aliphatic carbocycles. The molecule has 0 bridgehead atoms. The van der Waals surface area contributed by atoms with Gasteiger partial charge in [0.05, 0.1) is 30.3 Å². The molecular weight excluding hydrogens is 326 g/mol. The maximum Gasteiger partial charge on any atom is 0.234 e. The average molecular weight is 341 g/mol. The van der Waals surface area contributed by atoms with Crippen molar-refractivity contribution in [2.75, 3.05) is 0 Å². The maximum atomic E-state index is 12.0. The second-order valence-electron chi connectivity index (χ2n) is 4.95. The van der Waals surface area contributed by atoms with E-state index in [1.54, 1.807) is 24.7 Å². The minimum Gasteiger partial charge on any atom is -0.262 e. The quantitative estimate of drug-likeness (QED) is 0.738. The third-order valence-electron chi connectivity index (χ3n) is 3.14. The SMILES string of the molecule is O=S(=O)(/C=C/c1ccccc1)NCc1cn(-c2cccnc2)nn1. The molecular formula is C16H15N5O2S. The van der Waals surface area contributed by atoms with Crippen molar-refractivity contribution in [3.8, 4) is 5.69 Å². The Morgan fingerprint density at radius 3 is 2.71 bits per heavy atom. The fourth-order valence-corrected chi connectivity index (χ4v) is 2.73. The van der Waals surface area contributed by atoms with Gasteiger partial charge < -0.3 is 0 Å². The number of benzene rings is 1. The molecule has 2 heterocycles. The Bertz CT molecular complexity index is 921. The third kappa shape index (κ3) is 4.34. The Morgan fingerprint density at radius 2 is 1.96 bits per heavy atom. The maximum absolute atomic E-state index is 12.0. The topological polar surface area (TPSA) is 89.8 Å². The molecule has 0 fully saturated rings. The lowest BCUT2D eigenvalue weighted by Crippen LogP contribution is -2.20.